The van der Waals surface area contributed by atoms with E-state index in [0.29, 0.717) is 29.7 Å². The van der Waals surface area contributed by atoms with Crippen molar-refractivity contribution in [3.05, 3.63) is 47.1 Å². The van der Waals surface area contributed by atoms with Crippen LogP contribution in [0.4, 0.5) is 8.78 Å². The predicted molar refractivity (Wildman–Crippen MR) is 82.7 cm³/mol. The maximum Gasteiger partial charge on any atom is 0.270 e. The molecule has 2 saturated carbocycles. The molecule has 1 aromatic rings. The van der Waals surface area contributed by atoms with E-state index >= 15 is 0 Å². The molecule has 4 rings (SSSR count). The van der Waals surface area contributed by atoms with E-state index in [-0.39, 0.29) is 11.2 Å². The quantitative estimate of drug-likeness (QED) is 0.673. The van der Waals surface area contributed by atoms with Crippen LogP contribution < -0.4 is 0 Å². The Balaban J connectivity index is 1.75. The van der Waals surface area contributed by atoms with E-state index in [4.69, 9.17) is 0 Å². The molecule has 0 aromatic heterocycles. The van der Waals surface area contributed by atoms with Crippen LogP contribution >= 0.6 is 0 Å². The molecule has 0 amide bonds. The average Bonchev–Trinajstić information content (AvgIpc) is 2.84. The van der Waals surface area contributed by atoms with Crippen LogP contribution in [-0.4, -0.2) is 5.11 Å². The molecule has 0 aliphatic heterocycles. The average molecular weight is 302 g/mol. The molecule has 0 unspecified atom stereocenters. The summed E-state index contributed by atoms with van der Waals surface area (Å²) >= 11 is 0. The van der Waals surface area contributed by atoms with Crippen molar-refractivity contribution in [1.82, 2.24) is 0 Å². The molecule has 0 spiro atoms. The molecule has 0 heterocycles. The summed E-state index contributed by atoms with van der Waals surface area (Å²) in [6, 6.07) is 5.55. The highest BCUT2D eigenvalue weighted by atomic mass is 19.3. The lowest BCUT2D eigenvalue weighted by molar-refractivity contribution is 0.117. The summed E-state index contributed by atoms with van der Waals surface area (Å²) in [6.07, 6.45) is 6.00. The summed E-state index contributed by atoms with van der Waals surface area (Å²) in [5.74, 6) is 1.34. The number of allylic oxidation sites excluding steroid dienone is 2. The minimum absolute atomic E-state index is 0.285. The van der Waals surface area contributed by atoms with E-state index < -0.39 is 6.08 Å². The molecule has 4 atom stereocenters. The van der Waals surface area contributed by atoms with Gasteiger partial charge in [-0.15, -0.1) is 0 Å². The molecule has 116 valence electrons. The van der Waals surface area contributed by atoms with Crippen molar-refractivity contribution in [2.75, 3.05) is 0 Å². The van der Waals surface area contributed by atoms with Gasteiger partial charge in [-0.2, -0.15) is 8.78 Å². The summed E-state index contributed by atoms with van der Waals surface area (Å²) in [5, 5.41) is 9.65. The van der Waals surface area contributed by atoms with Gasteiger partial charge in [-0.25, -0.2) is 0 Å². The van der Waals surface area contributed by atoms with Gasteiger partial charge < -0.3 is 5.11 Å². The van der Waals surface area contributed by atoms with E-state index in [0.717, 1.165) is 24.8 Å². The van der Waals surface area contributed by atoms with Crippen LogP contribution in [0.25, 0.3) is 6.08 Å². The second kappa shape index (κ2) is 4.68. The normalized spacial score (nSPS) is 35.8. The fourth-order valence-electron chi connectivity index (χ4n) is 5.21. The fourth-order valence-corrected chi connectivity index (χ4v) is 5.21. The van der Waals surface area contributed by atoms with Crippen LogP contribution in [-0.2, 0) is 0 Å². The summed E-state index contributed by atoms with van der Waals surface area (Å²) in [4.78, 5) is 0. The van der Waals surface area contributed by atoms with Crippen molar-refractivity contribution < 1.29 is 13.9 Å². The second-order valence-electron chi connectivity index (χ2n) is 7.20. The smallest absolute Gasteiger partial charge is 0.270 e. The molecule has 22 heavy (non-hydrogen) atoms. The van der Waals surface area contributed by atoms with Crippen molar-refractivity contribution in [3.8, 4) is 5.75 Å². The zero-order valence-electron chi connectivity index (χ0n) is 12.7. The van der Waals surface area contributed by atoms with Gasteiger partial charge in [0.05, 0.1) is 0 Å². The van der Waals surface area contributed by atoms with E-state index in [9.17, 15) is 13.9 Å². The standard InChI is InChI=1S/C19H20F2O/c1-19-9-8-14-13-5-3-12(22)10-11(13)2-4-15(14)16(19)6-7-17(19)18(20)21/h2-5,10,14-16,22H,6-9H2,1H3/t14-,15-,16+,19+/m1/s1. The Morgan fingerprint density at radius 1 is 1.27 bits per heavy atom. The van der Waals surface area contributed by atoms with E-state index in [1.165, 1.54) is 5.56 Å². The van der Waals surface area contributed by atoms with Gasteiger partial charge in [0, 0.05) is 5.57 Å². The Labute approximate surface area is 129 Å². The number of phenols is 1. The first-order valence-corrected chi connectivity index (χ1v) is 8.06. The van der Waals surface area contributed by atoms with Gasteiger partial charge in [0.15, 0.2) is 0 Å². The molecule has 3 aliphatic carbocycles. The second-order valence-corrected chi connectivity index (χ2v) is 7.20. The number of fused-ring (bicyclic) bond motifs is 5. The van der Waals surface area contributed by atoms with Gasteiger partial charge in [0.2, 0.25) is 0 Å². The summed E-state index contributed by atoms with van der Waals surface area (Å²) in [7, 11) is 0. The van der Waals surface area contributed by atoms with Gasteiger partial charge in [-0.05, 0) is 72.1 Å². The third kappa shape index (κ3) is 1.81. The first kappa shape index (κ1) is 14.0. The summed E-state index contributed by atoms with van der Waals surface area (Å²) in [5.41, 5.74) is 2.42. The topological polar surface area (TPSA) is 20.2 Å². The molecule has 1 N–H and O–H groups in total. The van der Waals surface area contributed by atoms with Gasteiger partial charge in [-0.1, -0.05) is 25.1 Å². The molecule has 1 nitrogen and oxygen atoms in total. The van der Waals surface area contributed by atoms with E-state index in [2.05, 4.69) is 12.2 Å². The summed E-state index contributed by atoms with van der Waals surface area (Å²) in [6.45, 7) is 2.04. The number of halogens is 2. The van der Waals surface area contributed by atoms with E-state index in [1.807, 2.05) is 13.0 Å². The minimum Gasteiger partial charge on any atom is -0.508 e. The lowest BCUT2D eigenvalue weighted by atomic mass is 9.57. The highest BCUT2D eigenvalue weighted by Crippen LogP contribution is 2.62. The van der Waals surface area contributed by atoms with Gasteiger partial charge in [0.25, 0.3) is 6.08 Å². The fraction of sp³-hybridized carbons (Fsp3) is 0.474. The molecule has 0 saturated heterocycles. The Morgan fingerprint density at radius 2 is 2.09 bits per heavy atom. The molecule has 3 aliphatic rings. The predicted octanol–water partition coefficient (Wildman–Crippen LogP) is 5.48. The van der Waals surface area contributed by atoms with Crippen molar-refractivity contribution in [2.45, 2.75) is 38.5 Å². The maximum absolute atomic E-state index is 13.3. The number of hydrogen-bond donors (Lipinski definition) is 1. The Hall–Kier alpha value is -1.64. The first-order valence-electron chi connectivity index (χ1n) is 8.06. The van der Waals surface area contributed by atoms with Crippen LogP contribution in [0, 0.1) is 17.3 Å². The molecule has 0 radical (unpaired) electrons. The SMILES string of the molecule is C[C@]12CC[C@@H]3c4ccc(O)cc4C=C[C@H]3[C@@H]1CCC2=C(F)F. The van der Waals surface area contributed by atoms with Crippen molar-refractivity contribution in [1.29, 1.82) is 0 Å². The van der Waals surface area contributed by atoms with Crippen LogP contribution in [0.1, 0.15) is 49.7 Å². The highest BCUT2D eigenvalue weighted by molar-refractivity contribution is 5.61. The van der Waals surface area contributed by atoms with Crippen LogP contribution in [0.5, 0.6) is 5.75 Å². The van der Waals surface area contributed by atoms with Gasteiger partial charge in [0.1, 0.15) is 5.75 Å². The van der Waals surface area contributed by atoms with Crippen molar-refractivity contribution in [2.24, 2.45) is 17.3 Å². The lowest BCUT2D eigenvalue weighted by Gasteiger charge is -2.47. The number of hydrogen-bond acceptors (Lipinski definition) is 1. The van der Waals surface area contributed by atoms with Crippen molar-refractivity contribution >= 4 is 6.08 Å². The minimum atomic E-state index is -1.45. The lowest BCUT2D eigenvalue weighted by Crippen LogP contribution is -2.38. The van der Waals surface area contributed by atoms with E-state index in [1.54, 1.807) is 12.1 Å². The number of phenolic OH excluding ortho intramolecular Hbond substituents is 1. The first-order chi connectivity index (χ1) is 10.5. The molecule has 0 bridgehead atoms. The van der Waals surface area contributed by atoms with Gasteiger partial charge in [-0.3, -0.25) is 0 Å². The van der Waals surface area contributed by atoms with Crippen molar-refractivity contribution in [3.63, 3.8) is 0 Å². The summed E-state index contributed by atoms with van der Waals surface area (Å²) < 4.78 is 26.6. The Kier molecular flexibility index (Phi) is 2.97. The Morgan fingerprint density at radius 3 is 2.86 bits per heavy atom. The molecule has 2 fully saturated rings. The third-order valence-electron chi connectivity index (χ3n) is 6.31. The monoisotopic (exact) mass is 302 g/mol. The number of aromatic hydroxyl groups is 1. The van der Waals surface area contributed by atoms with Crippen LogP contribution in [0.3, 0.4) is 0 Å². The largest absolute Gasteiger partial charge is 0.508 e. The van der Waals surface area contributed by atoms with Gasteiger partial charge >= 0.3 is 0 Å². The molecule has 3 heteroatoms. The zero-order chi connectivity index (χ0) is 15.5. The van der Waals surface area contributed by atoms with Crippen LogP contribution in [0.2, 0.25) is 0 Å². The molecule has 1 aromatic carbocycles. The highest BCUT2D eigenvalue weighted by Gasteiger charge is 2.53. The number of benzene rings is 1. The Bertz CT molecular complexity index is 687. The molecular weight excluding hydrogens is 282 g/mol. The van der Waals surface area contributed by atoms with Crippen LogP contribution in [0.15, 0.2) is 35.9 Å². The third-order valence-corrected chi connectivity index (χ3v) is 6.31. The molecular formula is C19H20F2O. The maximum atomic E-state index is 13.3. The zero-order valence-corrected chi connectivity index (χ0v) is 12.7. The number of rotatable bonds is 0.